The van der Waals surface area contributed by atoms with Crippen LogP contribution in [0.15, 0.2) is 47.9 Å². The number of nitrogens with zero attached hydrogens (tertiary/aromatic N) is 4. The van der Waals surface area contributed by atoms with E-state index >= 15 is 0 Å². The van der Waals surface area contributed by atoms with E-state index in [9.17, 15) is 8.42 Å². The molecule has 29 heavy (non-hydrogen) atoms. The van der Waals surface area contributed by atoms with Crippen molar-refractivity contribution >= 4 is 10.0 Å². The molecule has 0 amide bonds. The molecule has 0 N–H and O–H groups in total. The first-order chi connectivity index (χ1) is 13.8. The number of aromatic nitrogens is 2. The Morgan fingerprint density at radius 3 is 2.59 bits per heavy atom. The Kier molecular flexibility index (Phi) is 5.57. The number of fused-ring (bicyclic) bond motifs is 1. The summed E-state index contributed by atoms with van der Waals surface area (Å²) in [6.45, 7) is 3.28. The highest BCUT2D eigenvalue weighted by Crippen LogP contribution is 2.44. The van der Waals surface area contributed by atoms with Crippen molar-refractivity contribution in [3.05, 3.63) is 48.4 Å². The van der Waals surface area contributed by atoms with Crippen LogP contribution in [0.4, 0.5) is 0 Å². The summed E-state index contributed by atoms with van der Waals surface area (Å²) in [5, 5.41) is 0.159. The fourth-order valence-electron chi connectivity index (χ4n) is 5.24. The second-order valence-electron chi connectivity index (χ2n) is 8.90. The highest BCUT2D eigenvalue weighted by atomic mass is 32.2. The lowest BCUT2D eigenvalue weighted by molar-refractivity contribution is 0.0875. The van der Waals surface area contributed by atoms with E-state index in [2.05, 4.69) is 36.0 Å². The van der Waals surface area contributed by atoms with E-state index in [0.29, 0.717) is 0 Å². The maximum atomic E-state index is 13.8. The summed E-state index contributed by atoms with van der Waals surface area (Å²) >= 11 is 0. The van der Waals surface area contributed by atoms with Crippen LogP contribution < -0.4 is 0 Å². The zero-order chi connectivity index (χ0) is 20.6. The maximum Gasteiger partial charge on any atom is 0.262 e. The number of benzene rings is 1. The maximum absolute atomic E-state index is 13.8. The minimum atomic E-state index is -3.67. The lowest BCUT2D eigenvalue weighted by atomic mass is 9.84. The van der Waals surface area contributed by atoms with Crippen LogP contribution in [0.5, 0.6) is 0 Å². The molecule has 1 aromatic heterocycles. The summed E-state index contributed by atoms with van der Waals surface area (Å²) in [4.78, 5) is 6.62. The normalized spacial score (nSPS) is 29.3. The number of aryl methyl sites for hydroxylation is 1. The minimum Gasteiger partial charge on any atom is -0.339 e. The minimum absolute atomic E-state index is 0.0338. The summed E-state index contributed by atoms with van der Waals surface area (Å²) in [5.41, 5.74) is 1.01. The largest absolute Gasteiger partial charge is 0.339 e. The van der Waals surface area contributed by atoms with E-state index in [-0.39, 0.29) is 22.6 Å². The lowest BCUT2D eigenvalue weighted by Crippen LogP contribution is -2.55. The van der Waals surface area contributed by atoms with Crippen molar-refractivity contribution in [3.8, 4) is 0 Å². The van der Waals surface area contributed by atoms with Crippen molar-refractivity contribution in [1.82, 2.24) is 18.8 Å². The molecule has 0 spiro atoms. The molecule has 2 fully saturated rings. The number of imidazole rings is 1. The predicted octanol–water partition coefficient (Wildman–Crippen LogP) is 3.06. The molecule has 0 bridgehead atoms. The van der Waals surface area contributed by atoms with Crippen LogP contribution in [0.3, 0.4) is 0 Å². The molecule has 7 heteroatoms. The molecular weight excluding hydrogens is 384 g/mol. The standard InChI is InChI=1S/C22H32N4O2S/c1-22-15-19(14-18-10-6-4-7-11-18)26(20(22)12-8-5-9-13-25(22)3)29(27,28)21-16-24(2)17-23-21/h4,6-7,10-11,16-17,19-20H,5,8-9,12-15H2,1-3H3/t19-,20+,22+/m1/s1. The number of hydrogen-bond donors (Lipinski definition) is 0. The third-order valence-corrected chi connectivity index (χ3v) is 8.76. The molecule has 3 atom stereocenters. The average Bonchev–Trinajstić information content (AvgIpc) is 3.24. The predicted molar refractivity (Wildman–Crippen MR) is 114 cm³/mol. The van der Waals surface area contributed by atoms with E-state index in [1.165, 1.54) is 12.0 Å². The number of hydrogen-bond acceptors (Lipinski definition) is 4. The Bertz CT molecular complexity index is 943. The number of likely N-dealkylation sites (tertiary alicyclic amines) is 1. The Morgan fingerprint density at radius 2 is 1.90 bits per heavy atom. The fourth-order valence-corrected chi connectivity index (χ4v) is 7.15. The summed E-state index contributed by atoms with van der Waals surface area (Å²) in [6.07, 6.45) is 9.06. The monoisotopic (exact) mass is 416 g/mol. The van der Waals surface area contributed by atoms with Gasteiger partial charge in [0.05, 0.1) is 6.33 Å². The van der Waals surface area contributed by atoms with Gasteiger partial charge in [0.15, 0.2) is 5.03 Å². The van der Waals surface area contributed by atoms with Gasteiger partial charge in [0, 0.05) is 30.9 Å². The molecule has 0 aliphatic carbocycles. The Morgan fingerprint density at radius 1 is 1.14 bits per heavy atom. The van der Waals surface area contributed by atoms with Crippen LogP contribution in [-0.2, 0) is 23.5 Å². The molecule has 0 saturated carbocycles. The van der Waals surface area contributed by atoms with Gasteiger partial charge >= 0.3 is 0 Å². The van der Waals surface area contributed by atoms with Gasteiger partial charge in [-0.05, 0) is 51.8 Å². The molecule has 2 aliphatic rings. The van der Waals surface area contributed by atoms with E-state index in [4.69, 9.17) is 0 Å². The quantitative estimate of drug-likeness (QED) is 0.769. The topological polar surface area (TPSA) is 58.4 Å². The molecule has 2 aromatic rings. The molecule has 1 aromatic carbocycles. The molecule has 6 nitrogen and oxygen atoms in total. The Balaban J connectivity index is 1.77. The van der Waals surface area contributed by atoms with Crippen LogP contribution in [0.25, 0.3) is 0 Å². The van der Waals surface area contributed by atoms with Gasteiger partial charge in [-0.15, -0.1) is 0 Å². The van der Waals surface area contributed by atoms with Gasteiger partial charge in [-0.1, -0.05) is 43.2 Å². The van der Waals surface area contributed by atoms with Crippen molar-refractivity contribution in [2.75, 3.05) is 13.6 Å². The first kappa shape index (κ1) is 20.6. The van der Waals surface area contributed by atoms with E-state index in [1.54, 1.807) is 17.1 Å². The van der Waals surface area contributed by atoms with Crippen molar-refractivity contribution in [2.45, 2.75) is 68.1 Å². The summed E-state index contributed by atoms with van der Waals surface area (Å²) < 4.78 is 31.1. The first-order valence-electron chi connectivity index (χ1n) is 10.6. The van der Waals surface area contributed by atoms with Crippen LogP contribution >= 0.6 is 0 Å². The summed E-state index contributed by atoms with van der Waals surface area (Å²) in [5.74, 6) is 0. The SMILES string of the molecule is CN1CCCCC[C@@H]2N(S(=O)(=O)c3cn(C)cn3)[C@H](Cc3ccccc3)C[C@@]21C. The second-order valence-corrected chi connectivity index (χ2v) is 10.7. The Hall–Kier alpha value is -1.70. The fraction of sp³-hybridized carbons (Fsp3) is 0.591. The number of rotatable bonds is 4. The van der Waals surface area contributed by atoms with E-state index in [1.807, 2.05) is 29.6 Å². The average molecular weight is 417 g/mol. The van der Waals surface area contributed by atoms with Crippen LogP contribution in [-0.4, -0.2) is 58.4 Å². The molecule has 158 valence electrons. The smallest absolute Gasteiger partial charge is 0.262 e. The van der Waals surface area contributed by atoms with Crippen molar-refractivity contribution < 1.29 is 8.42 Å². The molecular formula is C22H32N4O2S. The first-order valence-corrected chi connectivity index (χ1v) is 12.0. The van der Waals surface area contributed by atoms with Crippen LogP contribution in [0.1, 0.15) is 44.6 Å². The zero-order valence-corrected chi connectivity index (χ0v) is 18.5. The van der Waals surface area contributed by atoms with Crippen LogP contribution in [0.2, 0.25) is 0 Å². The third-order valence-electron chi connectivity index (χ3n) is 6.91. The van der Waals surface area contributed by atoms with Gasteiger partial charge in [0.25, 0.3) is 10.0 Å². The highest BCUT2D eigenvalue weighted by molar-refractivity contribution is 7.89. The molecule has 0 radical (unpaired) electrons. The van der Waals surface area contributed by atoms with Crippen molar-refractivity contribution in [2.24, 2.45) is 7.05 Å². The Labute approximate surface area is 174 Å². The van der Waals surface area contributed by atoms with Gasteiger partial charge < -0.3 is 4.57 Å². The third kappa shape index (κ3) is 3.76. The van der Waals surface area contributed by atoms with Crippen molar-refractivity contribution in [1.29, 1.82) is 0 Å². The molecule has 2 aliphatic heterocycles. The van der Waals surface area contributed by atoms with Gasteiger partial charge in [-0.3, -0.25) is 4.90 Å². The molecule has 0 unspecified atom stereocenters. The van der Waals surface area contributed by atoms with Crippen molar-refractivity contribution in [3.63, 3.8) is 0 Å². The second kappa shape index (κ2) is 7.85. The highest BCUT2D eigenvalue weighted by Gasteiger charge is 2.55. The lowest BCUT2D eigenvalue weighted by Gasteiger charge is -2.43. The van der Waals surface area contributed by atoms with Gasteiger partial charge in [-0.2, -0.15) is 4.31 Å². The summed E-state index contributed by atoms with van der Waals surface area (Å²) in [6, 6.07) is 10.1. The van der Waals surface area contributed by atoms with Crippen LogP contribution in [0, 0.1) is 0 Å². The summed E-state index contributed by atoms with van der Waals surface area (Å²) in [7, 11) is 0.300. The molecule has 3 heterocycles. The number of sulfonamides is 1. The molecule has 4 rings (SSSR count). The van der Waals surface area contributed by atoms with E-state index < -0.39 is 10.0 Å². The van der Waals surface area contributed by atoms with Gasteiger partial charge in [-0.25, -0.2) is 13.4 Å². The molecule has 2 saturated heterocycles. The zero-order valence-electron chi connectivity index (χ0n) is 17.7. The van der Waals surface area contributed by atoms with Gasteiger partial charge in [0.2, 0.25) is 0 Å². The number of likely N-dealkylation sites (N-methyl/N-ethyl adjacent to an activating group) is 1. The van der Waals surface area contributed by atoms with E-state index in [0.717, 1.165) is 38.6 Å². The van der Waals surface area contributed by atoms with Gasteiger partial charge in [0.1, 0.15) is 0 Å².